The SMILES string of the molecule is Cc1ccc2c(nc3sc4ncccc4n32)c1-c1ccc(-c2cc(-c3ccccc3)c(-c3ccccc3)cc2-c2ccccc2)cc1. The molecule has 0 aliphatic heterocycles. The van der Waals surface area contributed by atoms with Crippen LogP contribution in [-0.2, 0) is 0 Å². The molecule has 0 saturated carbocycles. The van der Waals surface area contributed by atoms with Crippen LogP contribution < -0.4 is 0 Å². The number of hydrogen-bond acceptors (Lipinski definition) is 3. The molecule has 0 N–H and O–H groups in total. The van der Waals surface area contributed by atoms with Crippen molar-refractivity contribution in [1.82, 2.24) is 14.4 Å². The van der Waals surface area contributed by atoms with Crippen molar-refractivity contribution in [2.24, 2.45) is 0 Å². The Balaban J connectivity index is 1.23. The highest BCUT2D eigenvalue weighted by molar-refractivity contribution is 7.23. The lowest BCUT2D eigenvalue weighted by molar-refractivity contribution is 1.32. The fourth-order valence-corrected chi connectivity index (χ4v) is 7.81. The largest absolute Gasteiger partial charge is 0.281 e. The van der Waals surface area contributed by atoms with Crippen molar-refractivity contribution in [2.75, 3.05) is 0 Å². The van der Waals surface area contributed by atoms with E-state index in [1.54, 1.807) is 11.3 Å². The topological polar surface area (TPSA) is 30.2 Å². The van der Waals surface area contributed by atoms with E-state index in [0.29, 0.717) is 0 Å². The van der Waals surface area contributed by atoms with Gasteiger partial charge in [0.25, 0.3) is 0 Å². The van der Waals surface area contributed by atoms with Crippen molar-refractivity contribution < 1.29 is 0 Å². The Labute approximate surface area is 277 Å². The van der Waals surface area contributed by atoms with E-state index >= 15 is 0 Å². The average Bonchev–Trinajstić information content (AvgIpc) is 3.68. The standard InChI is InChI=1S/C43H29N3S/c1-28-19-24-38-41(45-43-46(38)39-18-11-25-44-42(39)47-43)40(28)33-22-20-32(21-23-33)37-27-35(30-14-7-3-8-15-30)34(29-12-5-2-6-13-29)26-36(37)31-16-9-4-10-17-31/h2-27H,1H3. The Morgan fingerprint density at radius 1 is 0.489 bits per heavy atom. The summed E-state index contributed by atoms with van der Waals surface area (Å²) >= 11 is 1.64. The smallest absolute Gasteiger partial charge is 0.197 e. The molecular formula is C43H29N3S. The summed E-state index contributed by atoms with van der Waals surface area (Å²) in [5.74, 6) is 0. The summed E-state index contributed by atoms with van der Waals surface area (Å²) in [6.45, 7) is 2.18. The van der Waals surface area contributed by atoms with Gasteiger partial charge in [-0.15, -0.1) is 0 Å². The molecule has 0 unspecified atom stereocenters. The van der Waals surface area contributed by atoms with Gasteiger partial charge in [0.2, 0.25) is 0 Å². The first-order valence-electron chi connectivity index (χ1n) is 15.8. The molecule has 9 aromatic rings. The van der Waals surface area contributed by atoms with Crippen molar-refractivity contribution in [2.45, 2.75) is 6.92 Å². The van der Waals surface area contributed by atoms with Crippen molar-refractivity contribution in [1.29, 1.82) is 0 Å². The number of aryl methyl sites for hydroxylation is 1. The summed E-state index contributed by atoms with van der Waals surface area (Å²) in [7, 11) is 0. The Morgan fingerprint density at radius 3 is 1.55 bits per heavy atom. The number of thiazole rings is 1. The Hall–Kier alpha value is -5.84. The Kier molecular flexibility index (Phi) is 6.54. The molecular weight excluding hydrogens is 591 g/mol. The zero-order chi connectivity index (χ0) is 31.3. The van der Waals surface area contributed by atoms with Gasteiger partial charge in [-0.05, 0) is 92.9 Å². The zero-order valence-corrected chi connectivity index (χ0v) is 26.6. The third-order valence-electron chi connectivity index (χ3n) is 9.08. The van der Waals surface area contributed by atoms with Crippen LogP contribution >= 0.6 is 11.3 Å². The van der Waals surface area contributed by atoms with E-state index < -0.39 is 0 Å². The number of hydrogen-bond donors (Lipinski definition) is 0. The minimum atomic E-state index is 0.969. The first-order chi connectivity index (χ1) is 23.2. The minimum Gasteiger partial charge on any atom is -0.281 e. The number of nitrogens with zero attached hydrogens (tertiary/aromatic N) is 3. The van der Waals surface area contributed by atoms with Gasteiger partial charge in [0.1, 0.15) is 4.83 Å². The minimum absolute atomic E-state index is 0.969. The maximum absolute atomic E-state index is 5.15. The predicted molar refractivity (Wildman–Crippen MR) is 198 cm³/mol. The molecule has 4 heteroatoms. The van der Waals surface area contributed by atoms with Crippen molar-refractivity contribution in [3.05, 3.63) is 163 Å². The molecule has 3 heterocycles. The van der Waals surface area contributed by atoms with E-state index in [1.807, 2.05) is 12.3 Å². The summed E-state index contributed by atoms with van der Waals surface area (Å²) in [6, 6.07) is 54.5. The molecule has 3 aromatic heterocycles. The highest BCUT2D eigenvalue weighted by atomic mass is 32.1. The number of pyridine rings is 1. The summed E-state index contributed by atoms with van der Waals surface area (Å²) in [5, 5.41) is 0. The lowest BCUT2D eigenvalue weighted by atomic mass is 9.85. The number of imidazole rings is 1. The van der Waals surface area contributed by atoms with Gasteiger partial charge < -0.3 is 0 Å². The van der Waals surface area contributed by atoms with Gasteiger partial charge in [0.05, 0.1) is 16.6 Å². The molecule has 0 spiro atoms. The van der Waals surface area contributed by atoms with Crippen LogP contribution in [0.4, 0.5) is 0 Å². The molecule has 3 nitrogen and oxygen atoms in total. The summed E-state index contributed by atoms with van der Waals surface area (Å²) in [5.41, 5.74) is 16.4. The van der Waals surface area contributed by atoms with Gasteiger partial charge in [0.15, 0.2) is 4.96 Å². The van der Waals surface area contributed by atoms with Crippen LogP contribution in [0.2, 0.25) is 0 Å². The van der Waals surface area contributed by atoms with E-state index in [-0.39, 0.29) is 0 Å². The van der Waals surface area contributed by atoms with Crippen molar-refractivity contribution in [3.8, 4) is 55.6 Å². The first-order valence-corrected chi connectivity index (χ1v) is 16.6. The maximum Gasteiger partial charge on any atom is 0.197 e. The third kappa shape index (κ3) is 4.65. The molecule has 0 aliphatic carbocycles. The molecule has 0 bridgehead atoms. The van der Waals surface area contributed by atoms with Crippen LogP contribution in [-0.4, -0.2) is 14.4 Å². The lowest BCUT2D eigenvalue weighted by Crippen LogP contribution is -1.93. The summed E-state index contributed by atoms with van der Waals surface area (Å²) in [6.07, 6.45) is 1.85. The molecule has 222 valence electrons. The third-order valence-corrected chi connectivity index (χ3v) is 10.0. The van der Waals surface area contributed by atoms with E-state index in [1.165, 1.54) is 55.6 Å². The molecule has 47 heavy (non-hydrogen) atoms. The van der Waals surface area contributed by atoms with Gasteiger partial charge >= 0.3 is 0 Å². The van der Waals surface area contributed by atoms with E-state index in [9.17, 15) is 0 Å². The van der Waals surface area contributed by atoms with Crippen molar-refractivity contribution in [3.63, 3.8) is 0 Å². The molecule has 6 aromatic carbocycles. The number of benzene rings is 6. The normalized spacial score (nSPS) is 11.5. The molecule has 0 atom stereocenters. The first kappa shape index (κ1) is 27.5. The quantitative estimate of drug-likeness (QED) is 0.192. The zero-order valence-electron chi connectivity index (χ0n) is 25.8. The maximum atomic E-state index is 5.15. The number of fused-ring (bicyclic) bond motifs is 5. The number of rotatable bonds is 5. The van der Waals surface area contributed by atoms with Crippen LogP contribution in [0.25, 0.3) is 82.0 Å². The van der Waals surface area contributed by atoms with Gasteiger partial charge in [-0.25, -0.2) is 9.97 Å². The van der Waals surface area contributed by atoms with Crippen LogP contribution in [0, 0.1) is 6.92 Å². The van der Waals surface area contributed by atoms with Crippen LogP contribution in [0.1, 0.15) is 5.56 Å². The second kappa shape index (κ2) is 11.2. The average molecular weight is 620 g/mol. The van der Waals surface area contributed by atoms with Crippen LogP contribution in [0.3, 0.4) is 0 Å². The van der Waals surface area contributed by atoms with Crippen LogP contribution in [0.5, 0.6) is 0 Å². The van der Waals surface area contributed by atoms with E-state index in [2.05, 4.69) is 162 Å². The van der Waals surface area contributed by atoms with Gasteiger partial charge in [-0.1, -0.05) is 133 Å². The monoisotopic (exact) mass is 619 g/mol. The highest BCUT2D eigenvalue weighted by Crippen LogP contribution is 2.43. The van der Waals surface area contributed by atoms with E-state index in [4.69, 9.17) is 4.98 Å². The molecule has 0 saturated heterocycles. The van der Waals surface area contributed by atoms with Crippen molar-refractivity contribution >= 4 is 37.7 Å². The van der Waals surface area contributed by atoms with Gasteiger partial charge in [-0.3, -0.25) is 4.40 Å². The second-order valence-corrected chi connectivity index (χ2v) is 12.9. The predicted octanol–water partition coefficient (Wildman–Crippen LogP) is 11.7. The lowest BCUT2D eigenvalue weighted by Gasteiger charge is -2.18. The molecule has 0 fully saturated rings. The number of aromatic nitrogens is 3. The van der Waals surface area contributed by atoms with Gasteiger partial charge in [-0.2, -0.15) is 0 Å². The molecule has 9 rings (SSSR count). The highest BCUT2D eigenvalue weighted by Gasteiger charge is 2.19. The van der Waals surface area contributed by atoms with E-state index in [0.717, 1.165) is 31.9 Å². The molecule has 0 aliphatic rings. The molecule has 0 amide bonds. The summed E-state index contributed by atoms with van der Waals surface area (Å²) < 4.78 is 2.24. The Morgan fingerprint density at radius 2 is 1.00 bits per heavy atom. The van der Waals surface area contributed by atoms with Gasteiger partial charge in [0, 0.05) is 11.8 Å². The Bertz CT molecular complexity index is 2550. The molecule has 0 radical (unpaired) electrons. The fraction of sp³-hybridized carbons (Fsp3) is 0.0233. The summed E-state index contributed by atoms with van der Waals surface area (Å²) in [4.78, 5) is 11.7. The second-order valence-electron chi connectivity index (χ2n) is 11.9. The fourth-order valence-electron chi connectivity index (χ4n) is 6.83. The van der Waals surface area contributed by atoms with Crippen LogP contribution in [0.15, 0.2) is 158 Å².